The maximum atomic E-state index is 13.1. The number of methoxy groups -OCH3 is 2. The monoisotopic (exact) mass is 390 g/mol. The molecular weight excluding hydrogens is 364 g/mol. The van der Waals surface area contributed by atoms with Gasteiger partial charge in [0.25, 0.3) is 0 Å². The van der Waals surface area contributed by atoms with E-state index in [9.17, 15) is 8.42 Å². The maximum absolute atomic E-state index is 13.1. The van der Waals surface area contributed by atoms with Crippen molar-refractivity contribution in [3.8, 4) is 11.5 Å². The van der Waals surface area contributed by atoms with Gasteiger partial charge in [-0.15, -0.1) is 0 Å². The Morgan fingerprint density at radius 3 is 2.19 bits per heavy atom. The predicted octanol–water partition coefficient (Wildman–Crippen LogP) is 2.77. The number of nitrogens with zero attached hydrogens (tertiary/aromatic N) is 2. The summed E-state index contributed by atoms with van der Waals surface area (Å²) in [6.07, 6.45) is 0. The third-order valence-corrected chi connectivity index (χ3v) is 7.03. The zero-order chi connectivity index (χ0) is 19.4. The zero-order valence-electron chi connectivity index (χ0n) is 16.0. The molecule has 1 unspecified atom stereocenters. The second-order valence-corrected chi connectivity index (χ2v) is 8.45. The standard InChI is InChI=1S/C20H26N2O4S/c1-16(17-7-5-4-6-8-17)21-11-13-22(14-12-21)27(23,24)20-10-9-18(25-2)15-19(20)26-3/h4-10,15-16H,11-14H2,1-3H3. The summed E-state index contributed by atoms with van der Waals surface area (Å²) in [4.78, 5) is 2.49. The first-order valence-electron chi connectivity index (χ1n) is 8.98. The van der Waals surface area contributed by atoms with Crippen molar-refractivity contribution >= 4 is 10.0 Å². The molecule has 6 nitrogen and oxygen atoms in total. The Labute approximate surface area is 161 Å². The Kier molecular flexibility index (Phi) is 6.04. The van der Waals surface area contributed by atoms with Gasteiger partial charge in [0.1, 0.15) is 16.4 Å². The average Bonchev–Trinajstić information content (AvgIpc) is 2.73. The Morgan fingerprint density at radius 1 is 0.926 bits per heavy atom. The lowest BCUT2D eigenvalue weighted by Gasteiger charge is -2.37. The third-order valence-electron chi connectivity index (χ3n) is 5.09. The smallest absolute Gasteiger partial charge is 0.246 e. The molecule has 0 radical (unpaired) electrons. The van der Waals surface area contributed by atoms with Gasteiger partial charge in [-0.1, -0.05) is 30.3 Å². The molecule has 1 aliphatic rings. The third kappa shape index (κ3) is 4.10. The van der Waals surface area contributed by atoms with Crippen molar-refractivity contribution in [2.75, 3.05) is 40.4 Å². The molecular formula is C20H26N2O4S. The van der Waals surface area contributed by atoms with Crippen LogP contribution in [-0.4, -0.2) is 58.0 Å². The lowest BCUT2D eigenvalue weighted by Crippen LogP contribution is -2.49. The average molecular weight is 391 g/mol. The summed E-state index contributed by atoms with van der Waals surface area (Å²) in [7, 11) is -0.614. The minimum absolute atomic E-state index is 0.176. The molecule has 3 rings (SSSR count). The fourth-order valence-corrected chi connectivity index (χ4v) is 4.96. The molecule has 1 fully saturated rings. The Morgan fingerprint density at radius 2 is 1.59 bits per heavy atom. The summed E-state index contributed by atoms with van der Waals surface area (Å²) >= 11 is 0. The highest BCUT2D eigenvalue weighted by Crippen LogP contribution is 2.31. The molecule has 0 N–H and O–H groups in total. The van der Waals surface area contributed by atoms with Gasteiger partial charge in [0.05, 0.1) is 14.2 Å². The van der Waals surface area contributed by atoms with Crippen LogP contribution < -0.4 is 9.47 Å². The van der Waals surface area contributed by atoms with E-state index >= 15 is 0 Å². The number of piperazine rings is 1. The van der Waals surface area contributed by atoms with Crippen molar-refractivity contribution in [2.24, 2.45) is 0 Å². The van der Waals surface area contributed by atoms with Crippen LogP contribution >= 0.6 is 0 Å². The molecule has 2 aromatic rings. The van der Waals surface area contributed by atoms with Crippen molar-refractivity contribution in [3.63, 3.8) is 0 Å². The molecule has 0 bridgehead atoms. The van der Waals surface area contributed by atoms with Crippen LogP contribution in [0, 0.1) is 0 Å². The lowest BCUT2D eigenvalue weighted by atomic mass is 10.1. The maximum Gasteiger partial charge on any atom is 0.246 e. The molecule has 0 aliphatic carbocycles. The van der Waals surface area contributed by atoms with Crippen LogP contribution in [0.3, 0.4) is 0 Å². The van der Waals surface area contributed by atoms with E-state index in [1.54, 1.807) is 18.2 Å². The van der Waals surface area contributed by atoms with Crippen LogP contribution in [0.2, 0.25) is 0 Å². The van der Waals surface area contributed by atoms with Gasteiger partial charge in [-0.2, -0.15) is 4.31 Å². The Bertz CT molecular complexity index is 863. The molecule has 2 aromatic carbocycles. The van der Waals surface area contributed by atoms with Crippen LogP contribution in [0.1, 0.15) is 18.5 Å². The van der Waals surface area contributed by atoms with E-state index in [4.69, 9.17) is 9.47 Å². The lowest BCUT2D eigenvalue weighted by molar-refractivity contribution is 0.145. The van der Waals surface area contributed by atoms with Crippen LogP contribution in [-0.2, 0) is 10.0 Å². The minimum atomic E-state index is -3.62. The number of rotatable bonds is 6. The summed E-state index contributed by atoms with van der Waals surface area (Å²) in [5, 5.41) is 0. The van der Waals surface area contributed by atoms with Gasteiger partial charge in [-0.25, -0.2) is 8.42 Å². The summed E-state index contributed by atoms with van der Waals surface area (Å²) in [5.41, 5.74) is 1.24. The van der Waals surface area contributed by atoms with Gasteiger partial charge >= 0.3 is 0 Å². The highest BCUT2D eigenvalue weighted by atomic mass is 32.2. The van der Waals surface area contributed by atoms with Crippen molar-refractivity contribution in [1.82, 2.24) is 9.21 Å². The van der Waals surface area contributed by atoms with E-state index in [1.165, 1.54) is 24.1 Å². The molecule has 1 atom stereocenters. The number of hydrogen-bond acceptors (Lipinski definition) is 5. The van der Waals surface area contributed by atoms with Crippen LogP contribution in [0.5, 0.6) is 11.5 Å². The van der Waals surface area contributed by atoms with Crippen molar-refractivity contribution in [1.29, 1.82) is 0 Å². The second kappa shape index (κ2) is 8.29. The van der Waals surface area contributed by atoms with E-state index in [0.717, 1.165) is 0 Å². The van der Waals surface area contributed by atoms with E-state index in [-0.39, 0.29) is 10.9 Å². The fraction of sp³-hybridized carbons (Fsp3) is 0.400. The fourth-order valence-electron chi connectivity index (χ4n) is 3.40. The first-order chi connectivity index (χ1) is 13.0. The summed E-state index contributed by atoms with van der Waals surface area (Å²) in [6, 6.07) is 15.3. The number of hydrogen-bond donors (Lipinski definition) is 0. The molecule has 0 saturated carbocycles. The van der Waals surface area contributed by atoms with E-state index in [2.05, 4.69) is 24.0 Å². The second-order valence-electron chi connectivity index (χ2n) is 6.54. The molecule has 7 heteroatoms. The normalized spacial score (nSPS) is 17.4. The molecule has 146 valence electrons. The van der Waals surface area contributed by atoms with Crippen LogP contribution in [0.15, 0.2) is 53.4 Å². The van der Waals surface area contributed by atoms with Crippen molar-refractivity contribution in [3.05, 3.63) is 54.1 Å². The first kappa shape index (κ1) is 19.7. The molecule has 0 aromatic heterocycles. The Hall–Kier alpha value is -2.09. The van der Waals surface area contributed by atoms with E-state index in [0.29, 0.717) is 37.7 Å². The number of ether oxygens (including phenoxy) is 2. The van der Waals surface area contributed by atoms with Crippen molar-refractivity contribution in [2.45, 2.75) is 17.9 Å². The molecule has 1 saturated heterocycles. The van der Waals surface area contributed by atoms with Crippen molar-refractivity contribution < 1.29 is 17.9 Å². The quantitative estimate of drug-likeness (QED) is 0.759. The molecule has 1 aliphatic heterocycles. The molecule has 1 heterocycles. The highest BCUT2D eigenvalue weighted by Gasteiger charge is 2.32. The molecule has 27 heavy (non-hydrogen) atoms. The Balaban J connectivity index is 1.73. The zero-order valence-corrected chi connectivity index (χ0v) is 16.8. The van der Waals surface area contributed by atoms with Gasteiger partial charge < -0.3 is 9.47 Å². The van der Waals surface area contributed by atoms with Gasteiger partial charge in [-0.05, 0) is 24.6 Å². The van der Waals surface area contributed by atoms with Gasteiger partial charge in [0.2, 0.25) is 10.0 Å². The molecule has 0 spiro atoms. The van der Waals surface area contributed by atoms with Gasteiger partial charge in [-0.3, -0.25) is 4.90 Å². The van der Waals surface area contributed by atoms with Crippen LogP contribution in [0.4, 0.5) is 0 Å². The largest absolute Gasteiger partial charge is 0.497 e. The first-order valence-corrected chi connectivity index (χ1v) is 10.4. The summed E-state index contributed by atoms with van der Waals surface area (Å²) in [6.45, 7) is 4.44. The minimum Gasteiger partial charge on any atom is -0.497 e. The highest BCUT2D eigenvalue weighted by molar-refractivity contribution is 7.89. The molecule has 0 amide bonds. The summed E-state index contributed by atoms with van der Waals surface area (Å²) < 4.78 is 38.2. The predicted molar refractivity (Wildman–Crippen MR) is 105 cm³/mol. The number of benzene rings is 2. The topological polar surface area (TPSA) is 59.1 Å². The number of sulfonamides is 1. The van der Waals surface area contributed by atoms with Gasteiger partial charge in [0.15, 0.2) is 0 Å². The summed E-state index contributed by atoms with van der Waals surface area (Å²) in [5.74, 6) is 0.863. The SMILES string of the molecule is COc1ccc(S(=O)(=O)N2CCN(C(C)c3ccccc3)CC2)c(OC)c1. The van der Waals surface area contributed by atoms with Crippen LogP contribution in [0.25, 0.3) is 0 Å². The van der Waals surface area contributed by atoms with E-state index < -0.39 is 10.0 Å². The van der Waals surface area contributed by atoms with E-state index in [1.807, 2.05) is 18.2 Å². The van der Waals surface area contributed by atoms with Gasteiger partial charge in [0, 0.05) is 38.3 Å².